The molecule has 0 radical (unpaired) electrons. The van der Waals surface area contributed by atoms with Gasteiger partial charge in [-0.1, -0.05) is 48.5 Å². The van der Waals surface area contributed by atoms with E-state index >= 15 is 0 Å². The van der Waals surface area contributed by atoms with E-state index in [-0.39, 0.29) is 5.56 Å². The third-order valence-corrected chi connectivity index (χ3v) is 7.13. The molecule has 6 nitrogen and oxygen atoms in total. The van der Waals surface area contributed by atoms with E-state index in [1.807, 2.05) is 58.8 Å². The zero-order valence-corrected chi connectivity index (χ0v) is 20.5. The number of aliphatic hydroxyl groups excluding tert-OH is 1. The highest BCUT2D eigenvalue weighted by Crippen LogP contribution is 2.32. The maximum absolute atomic E-state index is 13.2. The molecule has 0 spiro atoms. The topological polar surface area (TPSA) is 82.4 Å². The lowest BCUT2D eigenvalue weighted by Gasteiger charge is -2.24. The number of nitrogens with one attached hydrogen (secondary N) is 1. The first-order chi connectivity index (χ1) is 17.0. The first kappa shape index (κ1) is 23.2. The standard InChI is InChI=1S/C28H27N3O3S/c1-18-10-11-21(13-19(18)2)23-17-35-28-26(23)27(33)29-25(30-28)16-31(14-22-9-6-12-34-22)15-24(32)20-7-4-3-5-8-20/h3-13,17,24,32H,14-16H2,1-2H3,(H,29,30,33). The fourth-order valence-electron chi connectivity index (χ4n) is 4.23. The van der Waals surface area contributed by atoms with Gasteiger partial charge in [0.2, 0.25) is 0 Å². The molecule has 0 aliphatic carbocycles. The minimum absolute atomic E-state index is 0.152. The van der Waals surface area contributed by atoms with Gasteiger partial charge in [-0.05, 0) is 48.2 Å². The molecule has 7 heteroatoms. The molecule has 5 aromatic rings. The van der Waals surface area contributed by atoms with Gasteiger partial charge >= 0.3 is 0 Å². The normalized spacial score (nSPS) is 12.5. The fraction of sp³-hybridized carbons (Fsp3) is 0.214. The number of hydrogen-bond donors (Lipinski definition) is 2. The van der Waals surface area contributed by atoms with Crippen molar-refractivity contribution in [3.8, 4) is 11.1 Å². The summed E-state index contributed by atoms with van der Waals surface area (Å²) in [6, 6.07) is 19.5. The van der Waals surface area contributed by atoms with E-state index in [9.17, 15) is 9.90 Å². The summed E-state index contributed by atoms with van der Waals surface area (Å²) in [4.78, 5) is 23.7. The van der Waals surface area contributed by atoms with Gasteiger partial charge in [0.15, 0.2) is 0 Å². The van der Waals surface area contributed by atoms with Crippen molar-refractivity contribution < 1.29 is 9.52 Å². The van der Waals surface area contributed by atoms with Crippen molar-refractivity contribution in [3.05, 3.63) is 111 Å². The molecular formula is C28H27N3O3S. The molecule has 0 amide bonds. The number of aryl methyl sites for hydroxylation is 2. The summed E-state index contributed by atoms with van der Waals surface area (Å²) in [7, 11) is 0. The molecule has 0 saturated heterocycles. The Labute approximate surface area is 207 Å². The van der Waals surface area contributed by atoms with E-state index in [1.54, 1.807) is 6.26 Å². The highest BCUT2D eigenvalue weighted by Gasteiger charge is 2.19. The largest absolute Gasteiger partial charge is 0.468 e. The van der Waals surface area contributed by atoms with Crippen molar-refractivity contribution in [3.63, 3.8) is 0 Å². The van der Waals surface area contributed by atoms with Gasteiger partial charge in [-0.25, -0.2) is 4.98 Å². The zero-order valence-electron chi connectivity index (χ0n) is 19.7. The molecule has 0 saturated carbocycles. The van der Waals surface area contributed by atoms with E-state index in [2.05, 4.69) is 31.0 Å². The number of fused-ring (bicyclic) bond motifs is 1. The number of H-pyrrole nitrogens is 1. The van der Waals surface area contributed by atoms with Crippen LogP contribution in [0.25, 0.3) is 21.3 Å². The van der Waals surface area contributed by atoms with Crippen molar-refractivity contribution in [1.29, 1.82) is 0 Å². The van der Waals surface area contributed by atoms with E-state index in [4.69, 9.17) is 9.40 Å². The van der Waals surface area contributed by atoms with Crippen LogP contribution in [0.15, 0.2) is 81.5 Å². The summed E-state index contributed by atoms with van der Waals surface area (Å²) in [6.45, 7) is 5.37. The molecule has 0 fully saturated rings. The molecule has 1 atom stereocenters. The number of rotatable bonds is 8. The minimum Gasteiger partial charge on any atom is -0.468 e. The quantitative estimate of drug-likeness (QED) is 0.299. The summed E-state index contributed by atoms with van der Waals surface area (Å²) in [5.74, 6) is 1.34. The van der Waals surface area contributed by atoms with Gasteiger partial charge in [-0.2, -0.15) is 0 Å². The Morgan fingerprint density at radius 3 is 2.63 bits per heavy atom. The van der Waals surface area contributed by atoms with Crippen LogP contribution in [0, 0.1) is 13.8 Å². The van der Waals surface area contributed by atoms with E-state index in [1.165, 1.54) is 22.5 Å². The van der Waals surface area contributed by atoms with Crippen LogP contribution >= 0.6 is 11.3 Å². The minimum atomic E-state index is -0.681. The second kappa shape index (κ2) is 10.00. The summed E-state index contributed by atoms with van der Waals surface area (Å²) >= 11 is 1.47. The Morgan fingerprint density at radius 2 is 1.89 bits per heavy atom. The van der Waals surface area contributed by atoms with E-state index in [0.29, 0.717) is 35.7 Å². The lowest BCUT2D eigenvalue weighted by molar-refractivity contribution is 0.0989. The molecule has 0 aliphatic heterocycles. The SMILES string of the molecule is Cc1ccc(-c2csc3nc(CN(Cc4ccco4)CC(O)c4ccccc4)[nH]c(=O)c23)cc1C. The van der Waals surface area contributed by atoms with E-state index < -0.39 is 6.10 Å². The third-order valence-electron chi connectivity index (χ3n) is 6.26. The Hall–Kier alpha value is -3.52. The van der Waals surface area contributed by atoms with Crippen molar-refractivity contribution in [2.24, 2.45) is 0 Å². The van der Waals surface area contributed by atoms with Gasteiger partial charge in [-0.15, -0.1) is 11.3 Å². The van der Waals surface area contributed by atoms with Crippen LogP contribution in [-0.2, 0) is 13.1 Å². The van der Waals surface area contributed by atoms with E-state index in [0.717, 1.165) is 22.5 Å². The highest BCUT2D eigenvalue weighted by atomic mass is 32.1. The van der Waals surface area contributed by atoms with Gasteiger partial charge in [0, 0.05) is 17.5 Å². The van der Waals surface area contributed by atoms with Crippen LogP contribution in [0.2, 0.25) is 0 Å². The number of aromatic amines is 1. The van der Waals surface area contributed by atoms with Crippen molar-refractivity contribution in [2.75, 3.05) is 6.54 Å². The summed E-state index contributed by atoms with van der Waals surface area (Å²) in [5, 5.41) is 13.4. The molecule has 35 heavy (non-hydrogen) atoms. The van der Waals surface area contributed by atoms with Gasteiger partial charge in [-0.3, -0.25) is 9.69 Å². The summed E-state index contributed by atoms with van der Waals surface area (Å²) in [6.07, 6.45) is 0.951. The molecule has 5 rings (SSSR count). The van der Waals surface area contributed by atoms with Crippen LogP contribution in [0.4, 0.5) is 0 Å². The Morgan fingerprint density at radius 1 is 1.06 bits per heavy atom. The average Bonchev–Trinajstić information content (AvgIpc) is 3.51. The van der Waals surface area contributed by atoms with Crippen LogP contribution < -0.4 is 5.56 Å². The first-order valence-corrected chi connectivity index (χ1v) is 12.4. The number of thiophene rings is 1. The highest BCUT2D eigenvalue weighted by molar-refractivity contribution is 7.17. The second-order valence-electron chi connectivity index (χ2n) is 8.82. The van der Waals surface area contributed by atoms with Crippen molar-refractivity contribution in [1.82, 2.24) is 14.9 Å². The maximum Gasteiger partial charge on any atom is 0.260 e. The zero-order chi connectivity index (χ0) is 24.4. The number of furan rings is 1. The molecule has 2 aromatic carbocycles. The van der Waals surface area contributed by atoms with Gasteiger partial charge in [0.05, 0.1) is 30.8 Å². The Balaban J connectivity index is 1.44. The molecule has 0 aliphatic rings. The van der Waals surface area contributed by atoms with Crippen LogP contribution in [0.3, 0.4) is 0 Å². The monoisotopic (exact) mass is 485 g/mol. The smallest absolute Gasteiger partial charge is 0.260 e. The lowest BCUT2D eigenvalue weighted by atomic mass is 10.0. The van der Waals surface area contributed by atoms with Crippen LogP contribution in [-0.4, -0.2) is 26.5 Å². The number of benzene rings is 2. The fourth-order valence-corrected chi connectivity index (χ4v) is 5.20. The molecule has 178 valence electrons. The van der Waals surface area contributed by atoms with Gasteiger partial charge < -0.3 is 14.5 Å². The number of aliphatic hydroxyl groups is 1. The molecule has 2 N–H and O–H groups in total. The van der Waals surface area contributed by atoms with Crippen molar-refractivity contribution in [2.45, 2.75) is 33.0 Å². The average molecular weight is 486 g/mol. The lowest BCUT2D eigenvalue weighted by Crippen LogP contribution is -2.29. The number of hydrogen-bond acceptors (Lipinski definition) is 6. The van der Waals surface area contributed by atoms with Crippen molar-refractivity contribution >= 4 is 21.6 Å². The summed E-state index contributed by atoms with van der Waals surface area (Å²) < 4.78 is 5.54. The predicted molar refractivity (Wildman–Crippen MR) is 139 cm³/mol. The molecule has 3 heterocycles. The molecular weight excluding hydrogens is 458 g/mol. The third kappa shape index (κ3) is 5.12. The van der Waals surface area contributed by atoms with Crippen LogP contribution in [0.1, 0.15) is 34.4 Å². The van der Waals surface area contributed by atoms with Crippen LogP contribution in [0.5, 0.6) is 0 Å². The summed E-state index contributed by atoms with van der Waals surface area (Å²) in [5.41, 5.74) is 5.02. The molecule has 0 bridgehead atoms. The second-order valence-corrected chi connectivity index (χ2v) is 9.67. The van der Waals surface area contributed by atoms with Gasteiger partial charge in [0.1, 0.15) is 16.4 Å². The Kier molecular flexibility index (Phi) is 6.63. The molecule has 1 unspecified atom stereocenters. The maximum atomic E-state index is 13.2. The number of nitrogens with zero attached hydrogens (tertiary/aromatic N) is 2. The predicted octanol–water partition coefficient (Wildman–Crippen LogP) is 5.60. The first-order valence-electron chi connectivity index (χ1n) is 11.5. The molecule has 3 aromatic heterocycles. The van der Waals surface area contributed by atoms with Gasteiger partial charge in [0.25, 0.3) is 5.56 Å². The number of aromatic nitrogens is 2. The Bertz CT molecular complexity index is 1490.